The van der Waals surface area contributed by atoms with Gasteiger partial charge in [-0.1, -0.05) is 13.8 Å². The summed E-state index contributed by atoms with van der Waals surface area (Å²) in [6.45, 7) is 5.63. The van der Waals surface area contributed by atoms with Crippen molar-refractivity contribution in [2.45, 2.75) is 39.2 Å². The molecular formula is C20H23FN4O. The first kappa shape index (κ1) is 18.1. The topological polar surface area (TPSA) is 62.0 Å². The number of benzene rings is 1. The van der Waals surface area contributed by atoms with Crippen LogP contribution in [0.4, 0.5) is 10.1 Å². The number of nitrogens with zero attached hydrogens (tertiary/aromatic N) is 4. The Hall–Kier alpha value is -2.68. The van der Waals surface area contributed by atoms with E-state index in [0.717, 1.165) is 24.8 Å². The lowest BCUT2D eigenvalue weighted by molar-refractivity contribution is 0.162. The van der Waals surface area contributed by atoms with Crippen molar-refractivity contribution in [1.29, 1.82) is 5.26 Å². The van der Waals surface area contributed by atoms with Gasteiger partial charge in [0.25, 0.3) is 0 Å². The van der Waals surface area contributed by atoms with Crippen molar-refractivity contribution < 1.29 is 9.13 Å². The van der Waals surface area contributed by atoms with Gasteiger partial charge in [0, 0.05) is 38.2 Å². The SMILES string of the molecule is CC(C)Cc1cc(F)c(C#N)c(N2CCC(Oc3cccnn3)CC2)c1. The van der Waals surface area contributed by atoms with E-state index in [0.29, 0.717) is 30.6 Å². The number of rotatable bonds is 5. The summed E-state index contributed by atoms with van der Waals surface area (Å²) in [5, 5.41) is 17.2. The lowest BCUT2D eigenvalue weighted by atomic mass is 9.98. The normalized spacial score (nSPS) is 15.1. The molecular weight excluding hydrogens is 331 g/mol. The molecule has 0 unspecified atom stereocenters. The van der Waals surface area contributed by atoms with E-state index in [2.05, 4.69) is 28.9 Å². The minimum atomic E-state index is -0.432. The Morgan fingerprint density at radius 3 is 2.73 bits per heavy atom. The summed E-state index contributed by atoms with van der Waals surface area (Å²) >= 11 is 0. The fourth-order valence-electron chi connectivity index (χ4n) is 3.33. The van der Waals surface area contributed by atoms with Crippen LogP contribution in [0.5, 0.6) is 5.88 Å². The van der Waals surface area contributed by atoms with Gasteiger partial charge in [0.05, 0.1) is 5.69 Å². The monoisotopic (exact) mass is 354 g/mol. The van der Waals surface area contributed by atoms with Crippen LogP contribution in [0, 0.1) is 23.1 Å². The van der Waals surface area contributed by atoms with Crippen LogP contribution in [0.2, 0.25) is 0 Å². The maximum absolute atomic E-state index is 14.4. The van der Waals surface area contributed by atoms with Crippen LogP contribution < -0.4 is 9.64 Å². The molecule has 0 amide bonds. The Balaban J connectivity index is 1.72. The maximum atomic E-state index is 14.4. The zero-order chi connectivity index (χ0) is 18.5. The molecule has 3 rings (SSSR count). The highest BCUT2D eigenvalue weighted by Gasteiger charge is 2.24. The largest absolute Gasteiger partial charge is 0.473 e. The van der Waals surface area contributed by atoms with Crippen LogP contribution >= 0.6 is 0 Å². The highest BCUT2D eigenvalue weighted by molar-refractivity contribution is 5.61. The molecule has 2 heterocycles. The fraction of sp³-hybridized carbons (Fsp3) is 0.450. The van der Waals surface area contributed by atoms with E-state index in [4.69, 9.17) is 4.74 Å². The van der Waals surface area contributed by atoms with E-state index in [9.17, 15) is 9.65 Å². The number of hydrogen-bond acceptors (Lipinski definition) is 5. The smallest absolute Gasteiger partial charge is 0.233 e. The minimum Gasteiger partial charge on any atom is -0.473 e. The summed E-state index contributed by atoms with van der Waals surface area (Å²) in [5.41, 5.74) is 1.76. The average Bonchev–Trinajstić information content (AvgIpc) is 2.62. The summed E-state index contributed by atoms with van der Waals surface area (Å²) in [4.78, 5) is 2.09. The summed E-state index contributed by atoms with van der Waals surface area (Å²) in [5.74, 6) is 0.522. The zero-order valence-electron chi connectivity index (χ0n) is 15.2. The number of anilines is 1. The Bertz CT molecular complexity index is 780. The molecule has 1 saturated heterocycles. The van der Waals surface area contributed by atoms with Crippen molar-refractivity contribution in [1.82, 2.24) is 10.2 Å². The lowest BCUT2D eigenvalue weighted by Gasteiger charge is -2.34. The number of aromatic nitrogens is 2. The molecule has 0 spiro atoms. The van der Waals surface area contributed by atoms with Gasteiger partial charge in [0.2, 0.25) is 5.88 Å². The third-order valence-corrected chi connectivity index (χ3v) is 4.50. The molecule has 0 bridgehead atoms. The van der Waals surface area contributed by atoms with Crippen LogP contribution in [0.1, 0.15) is 37.8 Å². The van der Waals surface area contributed by atoms with Crippen molar-refractivity contribution in [3.8, 4) is 11.9 Å². The van der Waals surface area contributed by atoms with Crippen molar-refractivity contribution in [2.24, 2.45) is 5.92 Å². The van der Waals surface area contributed by atoms with Crippen molar-refractivity contribution in [3.63, 3.8) is 0 Å². The number of hydrogen-bond donors (Lipinski definition) is 0. The number of piperidine rings is 1. The molecule has 2 aromatic rings. The van der Waals surface area contributed by atoms with E-state index in [-0.39, 0.29) is 11.7 Å². The highest BCUT2D eigenvalue weighted by atomic mass is 19.1. The van der Waals surface area contributed by atoms with E-state index >= 15 is 0 Å². The molecule has 1 aromatic carbocycles. The van der Waals surface area contributed by atoms with Crippen LogP contribution in [0.15, 0.2) is 30.5 Å². The number of halogens is 1. The quantitative estimate of drug-likeness (QED) is 0.819. The van der Waals surface area contributed by atoms with Crippen LogP contribution in [-0.4, -0.2) is 29.4 Å². The van der Waals surface area contributed by atoms with E-state index < -0.39 is 5.82 Å². The average molecular weight is 354 g/mol. The highest BCUT2D eigenvalue weighted by Crippen LogP contribution is 2.29. The number of nitriles is 1. The molecule has 0 N–H and O–H groups in total. The fourth-order valence-corrected chi connectivity index (χ4v) is 3.33. The van der Waals surface area contributed by atoms with Gasteiger partial charge in [0.15, 0.2) is 0 Å². The molecule has 1 aromatic heterocycles. The molecule has 1 aliphatic heterocycles. The van der Waals surface area contributed by atoms with E-state index in [1.165, 1.54) is 6.07 Å². The summed E-state index contributed by atoms with van der Waals surface area (Å²) in [6.07, 6.45) is 4.03. The van der Waals surface area contributed by atoms with Crippen molar-refractivity contribution >= 4 is 5.69 Å². The Kier molecular flexibility index (Phi) is 5.67. The molecule has 0 atom stereocenters. The molecule has 0 radical (unpaired) electrons. The molecule has 1 fully saturated rings. The molecule has 1 aliphatic rings. The van der Waals surface area contributed by atoms with Gasteiger partial charge in [-0.3, -0.25) is 0 Å². The predicted molar refractivity (Wildman–Crippen MR) is 97.6 cm³/mol. The van der Waals surface area contributed by atoms with Crippen LogP contribution in [-0.2, 0) is 6.42 Å². The first-order valence-corrected chi connectivity index (χ1v) is 8.98. The Labute approximate surface area is 153 Å². The van der Waals surface area contributed by atoms with Gasteiger partial charge in [-0.2, -0.15) is 10.4 Å². The first-order chi connectivity index (χ1) is 12.6. The standard InChI is InChI=1S/C20H23FN4O/c1-14(2)10-15-11-18(21)17(13-22)19(12-15)25-8-5-16(6-9-25)26-20-4-3-7-23-24-20/h3-4,7,11-12,14,16H,5-6,8-10H2,1-2H3. The molecule has 26 heavy (non-hydrogen) atoms. The van der Waals surface area contributed by atoms with E-state index in [1.54, 1.807) is 18.3 Å². The maximum Gasteiger partial charge on any atom is 0.233 e. The molecule has 136 valence electrons. The summed E-state index contributed by atoms with van der Waals surface area (Å²) in [7, 11) is 0. The molecule has 0 aliphatic carbocycles. The van der Waals surface area contributed by atoms with E-state index in [1.807, 2.05) is 12.1 Å². The number of ether oxygens (including phenoxy) is 1. The predicted octanol–water partition coefficient (Wildman–Crippen LogP) is 3.73. The lowest BCUT2D eigenvalue weighted by Crippen LogP contribution is -2.39. The molecule has 6 heteroatoms. The van der Waals surface area contributed by atoms with Crippen molar-refractivity contribution in [2.75, 3.05) is 18.0 Å². The first-order valence-electron chi connectivity index (χ1n) is 8.98. The van der Waals surface area contributed by atoms with Gasteiger partial charge in [-0.15, -0.1) is 5.10 Å². The van der Waals surface area contributed by atoms with Crippen LogP contribution in [0.25, 0.3) is 0 Å². The second-order valence-corrected chi connectivity index (χ2v) is 7.05. The summed E-state index contributed by atoms with van der Waals surface area (Å²) in [6, 6.07) is 9.06. The second kappa shape index (κ2) is 8.13. The summed E-state index contributed by atoms with van der Waals surface area (Å²) < 4.78 is 20.2. The van der Waals surface area contributed by atoms with Gasteiger partial charge >= 0.3 is 0 Å². The minimum absolute atomic E-state index is 0.0529. The third-order valence-electron chi connectivity index (χ3n) is 4.50. The zero-order valence-corrected chi connectivity index (χ0v) is 15.2. The Morgan fingerprint density at radius 1 is 1.35 bits per heavy atom. The third kappa shape index (κ3) is 4.29. The van der Waals surface area contributed by atoms with Gasteiger partial charge in [-0.25, -0.2) is 4.39 Å². The molecule has 0 saturated carbocycles. The second-order valence-electron chi connectivity index (χ2n) is 7.05. The van der Waals surface area contributed by atoms with Crippen LogP contribution in [0.3, 0.4) is 0 Å². The van der Waals surface area contributed by atoms with Gasteiger partial charge in [-0.05, 0) is 36.1 Å². The van der Waals surface area contributed by atoms with Gasteiger partial charge < -0.3 is 9.64 Å². The Morgan fingerprint density at radius 2 is 2.12 bits per heavy atom. The van der Waals surface area contributed by atoms with Gasteiger partial charge in [0.1, 0.15) is 23.6 Å². The molecule has 5 nitrogen and oxygen atoms in total. The van der Waals surface area contributed by atoms with Crippen molar-refractivity contribution in [3.05, 3.63) is 47.4 Å².